The number of hydrogen-bond acceptors (Lipinski definition) is 5. The Morgan fingerprint density at radius 2 is 2.00 bits per heavy atom. The highest BCUT2D eigenvalue weighted by Gasteiger charge is 2.57. The Kier molecular flexibility index (Phi) is 3.62. The molecule has 1 amide bonds. The number of anilines is 1. The van der Waals surface area contributed by atoms with Crippen LogP contribution in [-0.2, 0) is 4.79 Å². The Balaban J connectivity index is 1.38. The van der Waals surface area contributed by atoms with Crippen molar-refractivity contribution in [3.63, 3.8) is 0 Å². The summed E-state index contributed by atoms with van der Waals surface area (Å²) in [7, 11) is 0. The summed E-state index contributed by atoms with van der Waals surface area (Å²) in [6, 6.07) is 3.75. The predicted molar refractivity (Wildman–Crippen MR) is 105 cm³/mol. The minimum Gasteiger partial charge on any atom is -0.294 e. The molecule has 1 atom stereocenters. The first-order chi connectivity index (χ1) is 14.9. The fourth-order valence-corrected chi connectivity index (χ4v) is 4.82. The lowest BCUT2D eigenvalue weighted by Crippen LogP contribution is -2.37. The average molecular weight is 423 g/mol. The fourth-order valence-electron chi connectivity index (χ4n) is 4.82. The van der Waals surface area contributed by atoms with Gasteiger partial charge in [-0.25, -0.2) is 18.3 Å². The van der Waals surface area contributed by atoms with Crippen LogP contribution in [0, 0.1) is 22.7 Å². The maximum absolute atomic E-state index is 13.3. The zero-order chi connectivity index (χ0) is 21.4. The minimum absolute atomic E-state index is 0.123. The van der Waals surface area contributed by atoms with E-state index in [4.69, 9.17) is 4.98 Å². The van der Waals surface area contributed by atoms with E-state index in [2.05, 4.69) is 16.3 Å². The van der Waals surface area contributed by atoms with Gasteiger partial charge in [0.15, 0.2) is 5.82 Å². The average Bonchev–Trinajstić information content (AvgIpc) is 3.15. The van der Waals surface area contributed by atoms with Crippen molar-refractivity contribution in [2.75, 3.05) is 11.4 Å². The number of carbonyl (C=O) groups is 1. The summed E-state index contributed by atoms with van der Waals surface area (Å²) in [6.07, 6.45) is 8.52. The van der Waals surface area contributed by atoms with Crippen molar-refractivity contribution in [1.82, 2.24) is 24.4 Å². The number of nitrogens with zero attached hydrogens (tertiary/aromatic N) is 7. The summed E-state index contributed by atoms with van der Waals surface area (Å²) in [5.74, 6) is -2.24. The van der Waals surface area contributed by atoms with Gasteiger partial charge in [-0.05, 0) is 31.2 Å². The second kappa shape index (κ2) is 6.09. The summed E-state index contributed by atoms with van der Waals surface area (Å²) in [5, 5.41) is 18.3. The molecule has 3 fully saturated rings. The lowest BCUT2D eigenvalue weighted by molar-refractivity contribution is -0.123. The highest BCUT2D eigenvalue weighted by atomic mass is 19.3. The standard InChI is InChI=1S/C21H19F2N7O/c22-21(23)7-15(8-21)29-10-13(9-26-29)16-11-30-17(3-5-25-30)18(27-16)28-6-4-20(12-24,19(28)31)14-1-2-14/h3,5,9-11,14-15H,1-2,4,6-8H2/t20-/m1/s1. The van der Waals surface area contributed by atoms with Gasteiger partial charge in [0.05, 0.1) is 36.4 Å². The zero-order valence-electron chi connectivity index (χ0n) is 16.6. The third-order valence-electron chi connectivity index (χ3n) is 6.80. The molecule has 0 radical (unpaired) electrons. The van der Waals surface area contributed by atoms with Gasteiger partial charge in [0.2, 0.25) is 5.91 Å². The van der Waals surface area contributed by atoms with Gasteiger partial charge in [-0.15, -0.1) is 0 Å². The normalized spacial score (nSPS) is 25.7. The largest absolute Gasteiger partial charge is 0.294 e. The Morgan fingerprint density at radius 3 is 2.71 bits per heavy atom. The molecular weight excluding hydrogens is 404 g/mol. The van der Waals surface area contributed by atoms with E-state index < -0.39 is 11.3 Å². The number of hydrogen-bond donors (Lipinski definition) is 0. The van der Waals surface area contributed by atoms with E-state index >= 15 is 0 Å². The molecule has 0 spiro atoms. The maximum atomic E-state index is 13.3. The number of fused-ring (bicyclic) bond motifs is 1. The molecule has 4 heterocycles. The van der Waals surface area contributed by atoms with Crippen molar-refractivity contribution in [2.45, 2.75) is 44.1 Å². The van der Waals surface area contributed by atoms with Crippen LogP contribution < -0.4 is 4.90 Å². The van der Waals surface area contributed by atoms with Crippen LogP contribution in [0.5, 0.6) is 0 Å². The molecule has 3 aromatic heterocycles. The van der Waals surface area contributed by atoms with Crippen LogP contribution in [0.4, 0.5) is 14.6 Å². The van der Waals surface area contributed by atoms with Gasteiger partial charge >= 0.3 is 0 Å². The van der Waals surface area contributed by atoms with Gasteiger partial charge in [0, 0.05) is 31.1 Å². The molecule has 31 heavy (non-hydrogen) atoms. The van der Waals surface area contributed by atoms with E-state index in [9.17, 15) is 18.8 Å². The Morgan fingerprint density at radius 1 is 1.19 bits per heavy atom. The van der Waals surface area contributed by atoms with Gasteiger partial charge in [-0.1, -0.05) is 0 Å². The lowest BCUT2D eigenvalue weighted by Gasteiger charge is -2.34. The molecule has 0 unspecified atom stereocenters. The summed E-state index contributed by atoms with van der Waals surface area (Å²) in [4.78, 5) is 19.6. The van der Waals surface area contributed by atoms with Gasteiger partial charge in [-0.2, -0.15) is 15.5 Å². The topological polar surface area (TPSA) is 92.1 Å². The highest BCUT2D eigenvalue weighted by Crippen LogP contribution is 2.52. The van der Waals surface area contributed by atoms with Gasteiger partial charge < -0.3 is 0 Å². The lowest BCUT2D eigenvalue weighted by atomic mass is 9.83. The smallest absolute Gasteiger partial charge is 0.252 e. The Labute approximate surface area is 176 Å². The quantitative estimate of drug-likeness (QED) is 0.643. The molecular formula is C21H19F2N7O. The molecule has 10 heteroatoms. The molecule has 2 aliphatic carbocycles. The molecule has 3 aromatic rings. The van der Waals surface area contributed by atoms with E-state index in [-0.39, 0.29) is 30.7 Å². The highest BCUT2D eigenvalue weighted by molar-refractivity contribution is 6.04. The van der Waals surface area contributed by atoms with Crippen LogP contribution >= 0.6 is 0 Å². The van der Waals surface area contributed by atoms with E-state index in [0.29, 0.717) is 35.6 Å². The minimum atomic E-state index is -2.62. The molecule has 3 aliphatic rings. The molecule has 8 nitrogen and oxygen atoms in total. The van der Waals surface area contributed by atoms with Crippen LogP contribution in [0.15, 0.2) is 30.9 Å². The van der Waals surface area contributed by atoms with Crippen molar-refractivity contribution in [2.24, 2.45) is 11.3 Å². The van der Waals surface area contributed by atoms with E-state index in [1.165, 1.54) is 0 Å². The maximum Gasteiger partial charge on any atom is 0.252 e. The second-order valence-corrected chi connectivity index (χ2v) is 8.80. The number of alkyl halides is 2. The van der Waals surface area contributed by atoms with Gasteiger partial charge in [0.25, 0.3) is 5.92 Å². The van der Waals surface area contributed by atoms with Crippen molar-refractivity contribution in [3.8, 4) is 17.3 Å². The molecule has 0 bridgehead atoms. The SMILES string of the molecule is N#C[C@@]1(C2CC2)CCN(c2nc(-c3cnn(C4CC(F)(F)C4)c3)cn3nccc23)C1=O. The molecule has 1 saturated heterocycles. The van der Waals surface area contributed by atoms with E-state index in [1.807, 2.05) is 0 Å². The van der Waals surface area contributed by atoms with E-state index in [0.717, 1.165) is 12.8 Å². The Bertz CT molecular complexity index is 1250. The molecule has 158 valence electrons. The van der Waals surface area contributed by atoms with Crippen molar-refractivity contribution in [3.05, 3.63) is 30.9 Å². The number of nitriles is 1. The zero-order valence-corrected chi connectivity index (χ0v) is 16.6. The van der Waals surface area contributed by atoms with Crippen LogP contribution in [0.25, 0.3) is 16.8 Å². The number of carbonyl (C=O) groups excluding carboxylic acids is 1. The fraction of sp³-hybridized carbons (Fsp3) is 0.476. The first-order valence-electron chi connectivity index (χ1n) is 10.4. The summed E-state index contributed by atoms with van der Waals surface area (Å²) in [6.45, 7) is 0.427. The summed E-state index contributed by atoms with van der Waals surface area (Å²) < 4.78 is 29.7. The van der Waals surface area contributed by atoms with Crippen molar-refractivity contribution < 1.29 is 13.6 Å². The molecule has 0 N–H and O–H groups in total. The van der Waals surface area contributed by atoms with Crippen LogP contribution in [0.2, 0.25) is 0 Å². The summed E-state index contributed by atoms with van der Waals surface area (Å²) in [5.41, 5.74) is 0.911. The van der Waals surface area contributed by atoms with Crippen LogP contribution in [0.3, 0.4) is 0 Å². The van der Waals surface area contributed by atoms with E-state index in [1.54, 1.807) is 45.0 Å². The predicted octanol–water partition coefficient (Wildman–Crippen LogP) is 3.22. The second-order valence-electron chi connectivity index (χ2n) is 8.80. The van der Waals surface area contributed by atoms with Crippen LogP contribution in [-0.4, -0.2) is 42.8 Å². The third-order valence-corrected chi connectivity index (χ3v) is 6.80. The number of rotatable bonds is 4. The van der Waals surface area contributed by atoms with Crippen molar-refractivity contribution in [1.29, 1.82) is 5.26 Å². The number of aromatic nitrogens is 5. The first-order valence-corrected chi connectivity index (χ1v) is 10.4. The summed E-state index contributed by atoms with van der Waals surface area (Å²) >= 11 is 0. The van der Waals surface area contributed by atoms with Gasteiger partial charge in [0.1, 0.15) is 10.9 Å². The van der Waals surface area contributed by atoms with Crippen LogP contribution in [0.1, 0.15) is 38.1 Å². The molecule has 2 saturated carbocycles. The molecule has 6 rings (SSSR count). The molecule has 0 aromatic carbocycles. The molecule has 1 aliphatic heterocycles. The number of amides is 1. The first kappa shape index (κ1) is 18.4. The third kappa shape index (κ3) is 2.69. The van der Waals surface area contributed by atoms with Crippen molar-refractivity contribution >= 4 is 17.2 Å². The van der Waals surface area contributed by atoms with Gasteiger partial charge in [-0.3, -0.25) is 14.4 Å². The Hall–Kier alpha value is -3.35. The monoisotopic (exact) mass is 423 g/mol. The number of halogens is 2.